The summed E-state index contributed by atoms with van der Waals surface area (Å²) < 4.78 is 6.01. The molecule has 72 valence electrons. The van der Waals surface area contributed by atoms with Crippen LogP contribution in [0.25, 0.3) is 5.52 Å². The molecule has 0 radical (unpaired) electrons. The normalized spacial score (nSPS) is 10.4. The Balaban J connectivity index is 2.73. The summed E-state index contributed by atoms with van der Waals surface area (Å²) in [6.45, 7) is 0. The predicted molar refractivity (Wildman–Crippen MR) is 47.2 cm³/mol. The van der Waals surface area contributed by atoms with Crippen molar-refractivity contribution in [3.05, 3.63) is 34.5 Å². The Morgan fingerprint density at radius 1 is 1.64 bits per heavy atom. The maximum atomic E-state index is 11.2. The number of aromatic nitrogens is 3. The van der Waals surface area contributed by atoms with Crippen LogP contribution in [0.2, 0.25) is 0 Å². The smallest absolute Gasteiger partial charge is 0.341 e. The minimum atomic E-state index is -0.491. The van der Waals surface area contributed by atoms with Crippen LogP contribution in [-0.4, -0.2) is 27.7 Å². The van der Waals surface area contributed by atoms with Crippen molar-refractivity contribution in [1.29, 1.82) is 0 Å². The van der Waals surface area contributed by atoms with Gasteiger partial charge in [-0.3, -0.25) is 9.89 Å². The first kappa shape index (κ1) is 8.49. The molecule has 0 bridgehead atoms. The van der Waals surface area contributed by atoms with E-state index in [2.05, 4.69) is 14.8 Å². The minimum absolute atomic E-state index is 0.312. The quantitative estimate of drug-likeness (QED) is 0.637. The molecule has 14 heavy (non-hydrogen) atoms. The third-order valence-electron chi connectivity index (χ3n) is 1.85. The molecule has 2 rings (SSSR count). The van der Waals surface area contributed by atoms with Gasteiger partial charge < -0.3 is 4.74 Å². The lowest BCUT2D eigenvalue weighted by Gasteiger charge is -1.95. The summed E-state index contributed by atoms with van der Waals surface area (Å²) in [4.78, 5) is 25.7. The highest BCUT2D eigenvalue weighted by Gasteiger charge is 2.11. The predicted octanol–water partition coefficient (Wildman–Crippen LogP) is -0.191. The van der Waals surface area contributed by atoms with E-state index in [0.717, 1.165) is 0 Å². The van der Waals surface area contributed by atoms with E-state index in [4.69, 9.17) is 0 Å². The largest absolute Gasteiger partial charge is 0.465 e. The van der Waals surface area contributed by atoms with Crippen molar-refractivity contribution in [2.24, 2.45) is 0 Å². The maximum Gasteiger partial charge on any atom is 0.341 e. The van der Waals surface area contributed by atoms with Gasteiger partial charge in [-0.1, -0.05) is 0 Å². The number of rotatable bonds is 1. The van der Waals surface area contributed by atoms with Gasteiger partial charge in [0.1, 0.15) is 11.9 Å². The molecule has 0 aliphatic carbocycles. The van der Waals surface area contributed by atoms with E-state index in [-0.39, 0.29) is 0 Å². The number of methoxy groups -OCH3 is 1. The van der Waals surface area contributed by atoms with E-state index >= 15 is 0 Å². The van der Waals surface area contributed by atoms with E-state index in [9.17, 15) is 9.59 Å². The average Bonchev–Trinajstić information content (AvgIpc) is 2.59. The molecule has 0 fully saturated rings. The lowest BCUT2D eigenvalue weighted by atomic mass is 10.3. The Morgan fingerprint density at radius 2 is 2.43 bits per heavy atom. The van der Waals surface area contributed by atoms with Gasteiger partial charge in [0.25, 0.3) is 5.56 Å². The molecular formula is C8H7N3O3. The van der Waals surface area contributed by atoms with Crippen LogP contribution in [0.4, 0.5) is 0 Å². The monoisotopic (exact) mass is 193 g/mol. The fraction of sp³-hybridized carbons (Fsp3) is 0.125. The van der Waals surface area contributed by atoms with Gasteiger partial charge in [-0.2, -0.15) is 4.98 Å². The van der Waals surface area contributed by atoms with Gasteiger partial charge in [0.05, 0.1) is 12.6 Å². The second-order valence-electron chi connectivity index (χ2n) is 2.66. The van der Waals surface area contributed by atoms with Gasteiger partial charge in [-0.15, -0.1) is 0 Å². The Kier molecular flexibility index (Phi) is 1.81. The molecule has 0 saturated heterocycles. The Bertz CT molecular complexity index is 540. The molecule has 0 spiro atoms. The highest BCUT2D eigenvalue weighted by molar-refractivity contribution is 5.96. The molecule has 0 aliphatic heterocycles. The zero-order valence-corrected chi connectivity index (χ0v) is 7.35. The molecule has 1 N–H and O–H groups in total. The number of ether oxygens (including phenoxy) is 1. The molecular weight excluding hydrogens is 186 g/mol. The first-order valence-electron chi connectivity index (χ1n) is 3.86. The van der Waals surface area contributed by atoms with Gasteiger partial charge in [-0.05, 0) is 0 Å². The van der Waals surface area contributed by atoms with Crippen LogP contribution < -0.4 is 5.56 Å². The molecule has 2 heterocycles. The van der Waals surface area contributed by atoms with Gasteiger partial charge in [-0.25, -0.2) is 9.31 Å². The number of nitrogens with zero attached hydrogens (tertiary/aromatic N) is 2. The van der Waals surface area contributed by atoms with Crippen LogP contribution >= 0.6 is 0 Å². The molecule has 0 saturated carbocycles. The summed E-state index contributed by atoms with van der Waals surface area (Å²) in [7, 11) is 1.28. The van der Waals surface area contributed by atoms with Gasteiger partial charge in [0.15, 0.2) is 0 Å². The second-order valence-corrected chi connectivity index (χ2v) is 2.66. The zero-order chi connectivity index (χ0) is 10.1. The molecule has 0 aromatic carbocycles. The highest BCUT2D eigenvalue weighted by atomic mass is 16.5. The van der Waals surface area contributed by atoms with E-state index in [0.29, 0.717) is 11.1 Å². The fourth-order valence-electron chi connectivity index (χ4n) is 1.19. The summed E-state index contributed by atoms with van der Waals surface area (Å²) >= 11 is 0. The molecule has 0 amide bonds. The molecule has 0 atom stereocenters. The first-order valence-corrected chi connectivity index (χ1v) is 3.86. The summed E-state index contributed by atoms with van der Waals surface area (Å²) in [6, 6.07) is 1.27. The second kappa shape index (κ2) is 2.99. The summed E-state index contributed by atoms with van der Waals surface area (Å²) in [5.74, 6) is -0.491. The van der Waals surface area contributed by atoms with Crippen molar-refractivity contribution in [2.45, 2.75) is 0 Å². The number of carbonyl (C=O) groups is 1. The number of nitrogens with one attached hydrogen (secondary N) is 1. The van der Waals surface area contributed by atoms with Gasteiger partial charge >= 0.3 is 5.97 Å². The van der Waals surface area contributed by atoms with Crippen molar-refractivity contribution in [3.63, 3.8) is 0 Å². The average molecular weight is 193 g/mol. The van der Waals surface area contributed by atoms with Crippen LogP contribution in [0.5, 0.6) is 0 Å². The summed E-state index contributed by atoms with van der Waals surface area (Å²) in [5, 5.41) is 2.75. The van der Waals surface area contributed by atoms with Crippen molar-refractivity contribution >= 4 is 11.5 Å². The number of fused-ring (bicyclic) bond motifs is 1. The number of esters is 1. The van der Waals surface area contributed by atoms with Gasteiger partial charge in [0, 0.05) is 12.3 Å². The molecule has 2 aromatic heterocycles. The number of carbonyl (C=O) groups excluding carboxylic acids is 1. The number of hydrogen-bond acceptors (Lipinski definition) is 4. The van der Waals surface area contributed by atoms with Crippen molar-refractivity contribution < 1.29 is 9.53 Å². The maximum absolute atomic E-state index is 11.2. The Hall–Kier alpha value is -2.11. The SMILES string of the molecule is COC(=O)c1c[nH]n2cnc(=O)cc12. The van der Waals surface area contributed by atoms with E-state index in [1.807, 2.05) is 0 Å². The van der Waals surface area contributed by atoms with Gasteiger partial charge in [0.2, 0.25) is 0 Å². The Morgan fingerprint density at radius 3 is 3.14 bits per heavy atom. The minimum Gasteiger partial charge on any atom is -0.465 e. The van der Waals surface area contributed by atoms with Crippen LogP contribution in [0, 0.1) is 0 Å². The highest BCUT2D eigenvalue weighted by Crippen LogP contribution is 2.08. The molecule has 2 aromatic rings. The van der Waals surface area contributed by atoms with Crippen LogP contribution in [0.1, 0.15) is 10.4 Å². The number of aromatic amines is 1. The summed E-state index contributed by atoms with van der Waals surface area (Å²) in [5.41, 5.74) is 0.374. The summed E-state index contributed by atoms with van der Waals surface area (Å²) in [6.07, 6.45) is 2.77. The van der Waals surface area contributed by atoms with Crippen LogP contribution in [0.15, 0.2) is 23.4 Å². The molecule has 0 aliphatic rings. The first-order chi connectivity index (χ1) is 6.72. The number of H-pyrrole nitrogens is 1. The molecule has 6 nitrogen and oxygen atoms in total. The van der Waals surface area contributed by atoms with Crippen molar-refractivity contribution in [3.8, 4) is 0 Å². The van der Waals surface area contributed by atoms with E-state index in [1.165, 1.54) is 30.2 Å². The van der Waals surface area contributed by atoms with E-state index < -0.39 is 11.5 Å². The van der Waals surface area contributed by atoms with Crippen LogP contribution in [-0.2, 0) is 4.74 Å². The van der Waals surface area contributed by atoms with Crippen molar-refractivity contribution in [1.82, 2.24) is 14.6 Å². The number of hydrogen-bond donors (Lipinski definition) is 1. The molecule has 0 unspecified atom stereocenters. The zero-order valence-electron chi connectivity index (χ0n) is 7.35. The van der Waals surface area contributed by atoms with Crippen LogP contribution in [0.3, 0.4) is 0 Å². The topological polar surface area (TPSA) is 76.5 Å². The third-order valence-corrected chi connectivity index (χ3v) is 1.85. The standard InChI is InChI=1S/C8H7N3O3/c1-14-8(13)5-3-10-11-4-9-7(12)2-6(5)11/h2-4,10H,1H3. The lowest BCUT2D eigenvalue weighted by Crippen LogP contribution is -2.07. The fourth-order valence-corrected chi connectivity index (χ4v) is 1.19. The van der Waals surface area contributed by atoms with E-state index in [1.54, 1.807) is 0 Å². The third kappa shape index (κ3) is 1.17. The lowest BCUT2D eigenvalue weighted by molar-refractivity contribution is 0.0603. The Labute approximate surface area is 78.1 Å². The molecule has 6 heteroatoms. The van der Waals surface area contributed by atoms with Crippen molar-refractivity contribution in [2.75, 3.05) is 7.11 Å².